The molecule has 2 aromatic rings. The maximum Gasteiger partial charge on any atom is 0.393 e. The van der Waals surface area contributed by atoms with Crippen molar-refractivity contribution in [1.29, 1.82) is 0 Å². The summed E-state index contributed by atoms with van der Waals surface area (Å²) in [6, 6.07) is 13.8. The Labute approximate surface area is 151 Å². The summed E-state index contributed by atoms with van der Waals surface area (Å²) in [6.45, 7) is 2.33. The van der Waals surface area contributed by atoms with Crippen LogP contribution in [0.3, 0.4) is 0 Å². The van der Waals surface area contributed by atoms with E-state index >= 15 is 0 Å². The minimum Gasteiger partial charge on any atom is -0.348 e. The van der Waals surface area contributed by atoms with E-state index in [0.29, 0.717) is 13.0 Å². The molecule has 2 unspecified atom stereocenters. The van der Waals surface area contributed by atoms with Crippen molar-refractivity contribution in [1.82, 2.24) is 10.2 Å². The third-order valence-corrected chi connectivity index (χ3v) is 4.99. The summed E-state index contributed by atoms with van der Waals surface area (Å²) < 4.78 is 38.7. The SMILES string of the molecule is CC(NC(=O)CN1CCCC(C(F)(F)F)C1)c1ccc2ccccc2c1. The van der Waals surface area contributed by atoms with E-state index in [-0.39, 0.29) is 31.5 Å². The summed E-state index contributed by atoms with van der Waals surface area (Å²) in [4.78, 5) is 13.9. The highest BCUT2D eigenvalue weighted by Crippen LogP contribution is 2.33. The third-order valence-electron chi connectivity index (χ3n) is 4.99. The van der Waals surface area contributed by atoms with Crippen LogP contribution in [-0.4, -0.2) is 36.6 Å². The summed E-state index contributed by atoms with van der Waals surface area (Å²) in [7, 11) is 0. The van der Waals surface area contributed by atoms with Crippen LogP contribution in [0.4, 0.5) is 13.2 Å². The number of amides is 1. The lowest BCUT2D eigenvalue weighted by molar-refractivity contribution is -0.187. The first kappa shape index (κ1) is 18.7. The number of nitrogens with zero attached hydrogens (tertiary/aromatic N) is 1. The van der Waals surface area contributed by atoms with Crippen molar-refractivity contribution in [3.63, 3.8) is 0 Å². The van der Waals surface area contributed by atoms with Crippen LogP contribution in [0.15, 0.2) is 42.5 Å². The van der Waals surface area contributed by atoms with E-state index in [0.717, 1.165) is 16.3 Å². The second-order valence-electron chi connectivity index (χ2n) is 7.01. The molecule has 0 radical (unpaired) electrons. The van der Waals surface area contributed by atoms with Crippen molar-refractivity contribution in [2.45, 2.75) is 32.0 Å². The Morgan fingerprint density at radius 1 is 1.23 bits per heavy atom. The Hall–Kier alpha value is -2.08. The summed E-state index contributed by atoms with van der Waals surface area (Å²) >= 11 is 0. The molecular weight excluding hydrogens is 341 g/mol. The van der Waals surface area contributed by atoms with E-state index in [9.17, 15) is 18.0 Å². The number of likely N-dealkylation sites (tertiary alicyclic amines) is 1. The van der Waals surface area contributed by atoms with Gasteiger partial charge in [-0.1, -0.05) is 36.4 Å². The molecule has 0 bridgehead atoms. The molecule has 1 saturated heterocycles. The number of nitrogens with one attached hydrogen (secondary N) is 1. The normalized spacial score (nSPS) is 20.1. The van der Waals surface area contributed by atoms with Gasteiger partial charge in [-0.15, -0.1) is 0 Å². The van der Waals surface area contributed by atoms with Gasteiger partial charge >= 0.3 is 6.18 Å². The number of carbonyl (C=O) groups is 1. The second-order valence-corrected chi connectivity index (χ2v) is 7.01. The highest BCUT2D eigenvalue weighted by atomic mass is 19.4. The summed E-state index contributed by atoms with van der Waals surface area (Å²) in [5, 5.41) is 5.12. The number of hydrogen-bond donors (Lipinski definition) is 1. The summed E-state index contributed by atoms with van der Waals surface area (Å²) in [6.07, 6.45) is -3.57. The van der Waals surface area contributed by atoms with Crippen LogP contribution in [0.5, 0.6) is 0 Å². The Kier molecular flexibility index (Phi) is 5.51. The van der Waals surface area contributed by atoms with Crippen LogP contribution < -0.4 is 5.32 Å². The Balaban J connectivity index is 1.58. The molecule has 0 aliphatic carbocycles. The van der Waals surface area contributed by atoms with Crippen LogP contribution in [0.25, 0.3) is 10.8 Å². The molecular formula is C20H23F3N2O. The van der Waals surface area contributed by atoms with Gasteiger partial charge in [0.1, 0.15) is 0 Å². The fraction of sp³-hybridized carbons (Fsp3) is 0.450. The highest BCUT2D eigenvalue weighted by Gasteiger charge is 2.41. The Bertz CT molecular complexity index is 775. The van der Waals surface area contributed by atoms with Gasteiger partial charge in [0.25, 0.3) is 0 Å². The standard InChI is InChI=1S/C20H23F3N2O/c1-14(16-9-8-15-5-2-3-6-17(15)11-16)24-19(26)13-25-10-4-7-18(12-25)20(21,22)23/h2-3,5-6,8-9,11,14,18H,4,7,10,12-13H2,1H3,(H,24,26). The predicted molar refractivity (Wildman–Crippen MR) is 95.7 cm³/mol. The minimum absolute atomic E-state index is 0.00447. The monoisotopic (exact) mass is 364 g/mol. The first-order valence-corrected chi connectivity index (χ1v) is 8.90. The largest absolute Gasteiger partial charge is 0.393 e. The van der Waals surface area contributed by atoms with Gasteiger partial charge in [0.15, 0.2) is 0 Å². The van der Waals surface area contributed by atoms with Crippen molar-refractivity contribution >= 4 is 16.7 Å². The second kappa shape index (κ2) is 7.66. The van der Waals surface area contributed by atoms with Crippen molar-refractivity contribution in [3.8, 4) is 0 Å². The van der Waals surface area contributed by atoms with Crippen LogP contribution in [0, 0.1) is 5.92 Å². The number of piperidine rings is 1. The van der Waals surface area contributed by atoms with Crippen molar-refractivity contribution < 1.29 is 18.0 Å². The van der Waals surface area contributed by atoms with Gasteiger partial charge in [0.05, 0.1) is 18.5 Å². The molecule has 3 rings (SSSR count). The average molecular weight is 364 g/mol. The molecule has 0 saturated carbocycles. The highest BCUT2D eigenvalue weighted by molar-refractivity contribution is 5.83. The number of fused-ring (bicyclic) bond motifs is 1. The molecule has 1 N–H and O–H groups in total. The first-order chi connectivity index (χ1) is 12.3. The number of rotatable bonds is 4. The molecule has 2 aromatic carbocycles. The Morgan fingerprint density at radius 2 is 1.96 bits per heavy atom. The zero-order valence-electron chi connectivity index (χ0n) is 14.7. The molecule has 0 aromatic heterocycles. The maximum absolute atomic E-state index is 12.9. The average Bonchev–Trinajstić information content (AvgIpc) is 2.60. The number of alkyl halides is 3. The lowest BCUT2D eigenvalue weighted by Crippen LogP contribution is -2.46. The zero-order valence-corrected chi connectivity index (χ0v) is 14.7. The van der Waals surface area contributed by atoms with Gasteiger partial charge in [-0.25, -0.2) is 0 Å². The Morgan fingerprint density at radius 3 is 2.69 bits per heavy atom. The van der Waals surface area contributed by atoms with E-state index in [1.54, 1.807) is 4.90 Å². The van der Waals surface area contributed by atoms with Crippen molar-refractivity contribution in [3.05, 3.63) is 48.0 Å². The molecule has 1 aliphatic rings. The fourth-order valence-corrected chi connectivity index (χ4v) is 3.52. The summed E-state index contributed by atoms with van der Waals surface area (Å²) in [5.74, 6) is -1.57. The van der Waals surface area contributed by atoms with Gasteiger partial charge in [-0.3, -0.25) is 9.69 Å². The van der Waals surface area contributed by atoms with E-state index in [1.165, 1.54) is 0 Å². The molecule has 0 spiro atoms. The quantitative estimate of drug-likeness (QED) is 0.878. The van der Waals surface area contributed by atoms with Gasteiger partial charge in [-0.2, -0.15) is 13.2 Å². The molecule has 6 heteroatoms. The number of carbonyl (C=O) groups excluding carboxylic acids is 1. The van der Waals surface area contributed by atoms with Crippen LogP contribution in [-0.2, 0) is 4.79 Å². The van der Waals surface area contributed by atoms with Crippen LogP contribution >= 0.6 is 0 Å². The molecule has 140 valence electrons. The number of benzene rings is 2. The van der Waals surface area contributed by atoms with E-state index in [2.05, 4.69) is 5.32 Å². The van der Waals surface area contributed by atoms with Crippen molar-refractivity contribution in [2.75, 3.05) is 19.6 Å². The molecule has 1 heterocycles. The van der Waals surface area contributed by atoms with E-state index in [1.807, 2.05) is 49.4 Å². The van der Waals surface area contributed by atoms with E-state index < -0.39 is 12.1 Å². The van der Waals surface area contributed by atoms with Crippen molar-refractivity contribution in [2.24, 2.45) is 5.92 Å². The molecule has 1 fully saturated rings. The fourth-order valence-electron chi connectivity index (χ4n) is 3.52. The molecule has 1 amide bonds. The third kappa shape index (κ3) is 4.55. The van der Waals surface area contributed by atoms with Gasteiger partial charge < -0.3 is 5.32 Å². The summed E-state index contributed by atoms with van der Waals surface area (Å²) in [5.41, 5.74) is 0.976. The maximum atomic E-state index is 12.9. The first-order valence-electron chi connectivity index (χ1n) is 8.90. The van der Waals surface area contributed by atoms with E-state index in [4.69, 9.17) is 0 Å². The molecule has 1 aliphatic heterocycles. The smallest absolute Gasteiger partial charge is 0.348 e. The lowest BCUT2D eigenvalue weighted by Gasteiger charge is -2.33. The van der Waals surface area contributed by atoms with Gasteiger partial charge in [0.2, 0.25) is 5.91 Å². The van der Waals surface area contributed by atoms with Crippen LogP contribution in [0.2, 0.25) is 0 Å². The van der Waals surface area contributed by atoms with Gasteiger partial charge in [-0.05, 0) is 48.7 Å². The lowest BCUT2D eigenvalue weighted by atomic mass is 9.97. The molecule has 3 nitrogen and oxygen atoms in total. The molecule has 26 heavy (non-hydrogen) atoms. The minimum atomic E-state index is -4.19. The topological polar surface area (TPSA) is 32.3 Å². The predicted octanol–water partition coefficient (Wildman–Crippen LogP) is 4.29. The number of hydrogen-bond acceptors (Lipinski definition) is 2. The zero-order chi connectivity index (χ0) is 18.7. The van der Waals surface area contributed by atoms with Gasteiger partial charge in [0, 0.05) is 6.54 Å². The number of halogens is 3. The van der Waals surface area contributed by atoms with Crippen LogP contribution in [0.1, 0.15) is 31.4 Å². The molecule has 2 atom stereocenters.